The van der Waals surface area contributed by atoms with Crippen LogP contribution in [0.5, 0.6) is 0 Å². The zero-order chi connectivity index (χ0) is 11.1. The summed E-state index contributed by atoms with van der Waals surface area (Å²) in [4.78, 5) is 13.4. The third-order valence-corrected chi connectivity index (χ3v) is 2.79. The van der Waals surface area contributed by atoms with Gasteiger partial charge < -0.3 is 9.64 Å². The predicted octanol–water partition coefficient (Wildman–Crippen LogP) is 0.638. The van der Waals surface area contributed by atoms with Gasteiger partial charge in [0.2, 0.25) is 0 Å². The number of carbonyl (C=O) groups is 1. The third kappa shape index (κ3) is 4.62. The molecule has 0 aromatic rings. The summed E-state index contributed by atoms with van der Waals surface area (Å²) in [5.74, 6) is -0.0999. The van der Waals surface area contributed by atoms with Crippen LogP contribution in [0.3, 0.4) is 0 Å². The molecule has 1 fully saturated rings. The molecule has 0 saturated carbocycles. The first-order valence-corrected chi connectivity index (χ1v) is 5.73. The van der Waals surface area contributed by atoms with Crippen LogP contribution in [0.15, 0.2) is 0 Å². The molecule has 1 aliphatic heterocycles. The molecule has 87 valence electrons. The zero-order valence-corrected chi connectivity index (χ0v) is 9.74. The summed E-state index contributed by atoms with van der Waals surface area (Å²) >= 11 is 0. The Balaban J connectivity index is 2.16. The van der Waals surface area contributed by atoms with Crippen LogP contribution in [0, 0.1) is 0 Å². The summed E-state index contributed by atoms with van der Waals surface area (Å²) in [6, 6.07) is 0.521. The lowest BCUT2D eigenvalue weighted by Gasteiger charge is -2.30. The molecule has 15 heavy (non-hydrogen) atoms. The molecule has 1 aliphatic rings. The highest BCUT2D eigenvalue weighted by atomic mass is 16.5. The standard InChI is InChI=1S/C11H21N2O2/c1-3-15-11(14)6-8-13(2)10-5-4-7-12-9-10/h10H,3-9H2,1-2H3. The Labute approximate surface area is 92.0 Å². The zero-order valence-electron chi connectivity index (χ0n) is 9.74. The van der Waals surface area contributed by atoms with Gasteiger partial charge in [-0.25, -0.2) is 5.32 Å². The Kier molecular flexibility index (Phi) is 5.65. The number of ether oxygens (including phenoxy) is 1. The topological polar surface area (TPSA) is 43.6 Å². The molecule has 1 unspecified atom stereocenters. The van der Waals surface area contributed by atoms with Gasteiger partial charge in [0.05, 0.1) is 13.0 Å². The molecule has 4 nitrogen and oxygen atoms in total. The van der Waals surface area contributed by atoms with Crippen LogP contribution in [0.1, 0.15) is 26.2 Å². The minimum atomic E-state index is -0.0999. The van der Waals surface area contributed by atoms with E-state index in [-0.39, 0.29) is 5.97 Å². The fraction of sp³-hybridized carbons (Fsp3) is 0.909. The predicted molar refractivity (Wildman–Crippen MR) is 58.8 cm³/mol. The fourth-order valence-electron chi connectivity index (χ4n) is 1.81. The van der Waals surface area contributed by atoms with E-state index in [1.165, 1.54) is 12.8 Å². The fourth-order valence-corrected chi connectivity index (χ4v) is 1.81. The minimum absolute atomic E-state index is 0.0999. The van der Waals surface area contributed by atoms with Gasteiger partial charge in [0.25, 0.3) is 0 Å². The number of nitrogens with zero attached hydrogens (tertiary/aromatic N) is 2. The molecule has 0 aromatic heterocycles. The van der Waals surface area contributed by atoms with Crippen molar-refractivity contribution in [1.82, 2.24) is 10.2 Å². The number of hydrogen-bond donors (Lipinski definition) is 0. The van der Waals surface area contributed by atoms with Crippen LogP contribution >= 0.6 is 0 Å². The molecule has 1 radical (unpaired) electrons. The van der Waals surface area contributed by atoms with Gasteiger partial charge in [-0.3, -0.25) is 4.79 Å². The summed E-state index contributed by atoms with van der Waals surface area (Å²) in [6.07, 6.45) is 2.86. The van der Waals surface area contributed by atoms with E-state index >= 15 is 0 Å². The number of piperidine rings is 1. The van der Waals surface area contributed by atoms with E-state index in [0.29, 0.717) is 19.1 Å². The second kappa shape index (κ2) is 6.80. The van der Waals surface area contributed by atoms with Crippen molar-refractivity contribution in [3.8, 4) is 0 Å². The summed E-state index contributed by atoms with van der Waals surface area (Å²) < 4.78 is 4.89. The summed E-state index contributed by atoms with van der Waals surface area (Å²) in [6.45, 7) is 5.00. The average Bonchev–Trinajstić information content (AvgIpc) is 2.27. The summed E-state index contributed by atoms with van der Waals surface area (Å²) in [5.41, 5.74) is 0. The maximum Gasteiger partial charge on any atom is 0.307 e. The second-order valence-corrected chi connectivity index (χ2v) is 3.96. The van der Waals surface area contributed by atoms with E-state index in [1.807, 2.05) is 6.92 Å². The normalized spacial score (nSPS) is 21.7. The maximum absolute atomic E-state index is 11.2. The largest absolute Gasteiger partial charge is 0.466 e. The van der Waals surface area contributed by atoms with Crippen LogP contribution in [-0.4, -0.2) is 50.2 Å². The quantitative estimate of drug-likeness (QED) is 0.629. The first kappa shape index (κ1) is 12.5. The minimum Gasteiger partial charge on any atom is -0.466 e. The molecule has 4 heteroatoms. The van der Waals surface area contributed by atoms with E-state index in [0.717, 1.165) is 19.6 Å². The number of esters is 1. The average molecular weight is 213 g/mol. The summed E-state index contributed by atoms with van der Waals surface area (Å²) in [7, 11) is 2.06. The number of likely N-dealkylation sites (N-methyl/N-ethyl adjacent to an activating group) is 1. The van der Waals surface area contributed by atoms with Crippen LogP contribution in [0.4, 0.5) is 0 Å². The maximum atomic E-state index is 11.2. The molecule has 0 amide bonds. The second-order valence-electron chi connectivity index (χ2n) is 3.96. The Morgan fingerprint density at radius 1 is 1.60 bits per heavy atom. The molecular formula is C11H21N2O2. The van der Waals surface area contributed by atoms with Crippen molar-refractivity contribution in [2.45, 2.75) is 32.2 Å². The van der Waals surface area contributed by atoms with Crippen LogP contribution in [-0.2, 0) is 9.53 Å². The van der Waals surface area contributed by atoms with Gasteiger partial charge in [0.1, 0.15) is 0 Å². The molecule has 0 aromatic carbocycles. The molecule has 0 bridgehead atoms. The summed E-state index contributed by atoms with van der Waals surface area (Å²) in [5, 5.41) is 4.39. The molecule has 1 atom stereocenters. The first-order valence-electron chi connectivity index (χ1n) is 5.73. The number of rotatable bonds is 5. The smallest absolute Gasteiger partial charge is 0.307 e. The van der Waals surface area contributed by atoms with E-state index in [2.05, 4.69) is 17.3 Å². The molecule has 0 N–H and O–H groups in total. The third-order valence-electron chi connectivity index (χ3n) is 2.79. The van der Waals surface area contributed by atoms with Crippen molar-refractivity contribution < 1.29 is 9.53 Å². The Morgan fingerprint density at radius 3 is 3.00 bits per heavy atom. The van der Waals surface area contributed by atoms with Crippen molar-refractivity contribution in [2.75, 3.05) is 33.3 Å². The van der Waals surface area contributed by atoms with Gasteiger partial charge >= 0.3 is 5.97 Å². The van der Waals surface area contributed by atoms with E-state index in [1.54, 1.807) is 0 Å². The lowest BCUT2D eigenvalue weighted by atomic mass is 10.1. The monoisotopic (exact) mass is 213 g/mol. The molecular weight excluding hydrogens is 192 g/mol. The molecule has 1 rings (SSSR count). The van der Waals surface area contributed by atoms with Crippen molar-refractivity contribution in [2.24, 2.45) is 0 Å². The van der Waals surface area contributed by atoms with E-state index < -0.39 is 0 Å². The van der Waals surface area contributed by atoms with E-state index in [9.17, 15) is 4.79 Å². The molecule has 1 heterocycles. The lowest BCUT2D eigenvalue weighted by molar-refractivity contribution is -0.143. The van der Waals surface area contributed by atoms with Crippen molar-refractivity contribution >= 4 is 5.97 Å². The van der Waals surface area contributed by atoms with Crippen LogP contribution in [0.2, 0.25) is 0 Å². The molecule has 0 aliphatic carbocycles. The van der Waals surface area contributed by atoms with Gasteiger partial charge in [-0.1, -0.05) is 0 Å². The lowest BCUT2D eigenvalue weighted by Crippen LogP contribution is -2.42. The van der Waals surface area contributed by atoms with Crippen LogP contribution < -0.4 is 5.32 Å². The SMILES string of the molecule is CCOC(=O)CCN(C)C1CCC[N]C1. The van der Waals surface area contributed by atoms with Gasteiger partial charge in [-0.2, -0.15) is 0 Å². The first-order chi connectivity index (χ1) is 7.24. The van der Waals surface area contributed by atoms with Crippen molar-refractivity contribution in [3.05, 3.63) is 0 Å². The number of hydrogen-bond acceptors (Lipinski definition) is 3. The van der Waals surface area contributed by atoms with Crippen molar-refractivity contribution in [1.29, 1.82) is 0 Å². The van der Waals surface area contributed by atoms with Gasteiger partial charge in [0, 0.05) is 25.7 Å². The van der Waals surface area contributed by atoms with Gasteiger partial charge in [-0.15, -0.1) is 0 Å². The van der Waals surface area contributed by atoms with E-state index in [4.69, 9.17) is 4.74 Å². The Bertz CT molecular complexity index is 191. The Hall–Kier alpha value is -0.610. The molecule has 0 spiro atoms. The van der Waals surface area contributed by atoms with Crippen LogP contribution in [0.25, 0.3) is 0 Å². The number of carbonyl (C=O) groups excluding carboxylic acids is 1. The van der Waals surface area contributed by atoms with Crippen molar-refractivity contribution in [3.63, 3.8) is 0 Å². The van der Waals surface area contributed by atoms with Gasteiger partial charge in [0.15, 0.2) is 0 Å². The highest BCUT2D eigenvalue weighted by Gasteiger charge is 2.18. The Morgan fingerprint density at radius 2 is 2.40 bits per heavy atom. The van der Waals surface area contributed by atoms with Gasteiger partial charge in [-0.05, 0) is 26.8 Å². The molecule has 1 saturated heterocycles. The highest BCUT2D eigenvalue weighted by molar-refractivity contribution is 5.69. The highest BCUT2D eigenvalue weighted by Crippen LogP contribution is 2.09.